The molecule has 9 nitrogen and oxygen atoms in total. The minimum absolute atomic E-state index is 0.0616. The Bertz CT molecular complexity index is 1240. The zero-order chi connectivity index (χ0) is 24.8. The third-order valence-corrected chi connectivity index (χ3v) is 5.79. The van der Waals surface area contributed by atoms with E-state index in [-0.39, 0.29) is 28.8 Å². The molecule has 1 aromatic carbocycles. The van der Waals surface area contributed by atoms with Gasteiger partial charge in [-0.15, -0.1) is 0 Å². The Kier molecular flexibility index (Phi) is 7.79. The second-order valence-electron chi connectivity index (χ2n) is 7.88. The van der Waals surface area contributed by atoms with Gasteiger partial charge in [0.05, 0.1) is 21.8 Å². The normalized spacial score (nSPS) is 15.5. The molecule has 1 atom stereocenters. The van der Waals surface area contributed by atoms with Crippen molar-refractivity contribution in [2.24, 2.45) is 0 Å². The van der Waals surface area contributed by atoms with Gasteiger partial charge in [-0.1, -0.05) is 23.2 Å². The number of pyridine rings is 2. The van der Waals surface area contributed by atoms with Crippen LogP contribution in [0.15, 0.2) is 54.9 Å². The van der Waals surface area contributed by atoms with Crippen molar-refractivity contribution < 1.29 is 14.4 Å². The highest BCUT2D eigenvalue weighted by Crippen LogP contribution is 2.23. The van der Waals surface area contributed by atoms with Gasteiger partial charge in [0.25, 0.3) is 11.8 Å². The molecule has 0 aliphatic carbocycles. The molecule has 35 heavy (non-hydrogen) atoms. The van der Waals surface area contributed by atoms with Crippen molar-refractivity contribution in [2.75, 3.05) is 22.5 Å². The smallest absolute Gasteiger partial charge is 0.258 e. The van der Waals surface area contributed by atoms with Crippen LogP contribution < -0.4 is 21.3 Å². The SMILES string of the molecule is O=C(Nc1ccc(Cl)cc1C(=O)Nc1ccc(Cl)cn1)c1ccc(NC2CCCCNC2=O)nc1. The van der Waals surface area contributed by atoms with Crippen LogP contribution in [0.3, 0.4) is 0 Å². The van der Waals surface area contributed by atoms with E-state index in [4.69, 9.17) is 23.2 Å². The first-order chi connectivity index (χ1) is 16.9. The van der Waals surface area contributed by atoms with E-state index < -0.39 is 11.8 Å². The maximum atomic E-state index is 12.8. The summed E-state index contributed by atoms with van der Waals surface area (Å²) in [5.74, 6) is -0.236. The summed E-state index contributed by atoms with van der Waals surface area (Å²) in [7, 11) is 0. The predicted molar refractivity (Wildman–Crippen MR) is 135 cm³/mol. The predicted octanol–water partition coefficient (Wildman–Crippen LogP) is 4.37. The maximum absolute atomic E-state index is 12.8. The number of aromatic nitrogens is 2. The molecule has 180 valence electrons. The van der Waals surface area contributed by atoms with E-state index in [1.165, 1.54) is 18.5 Å². The number of nitrogens with one attached hydrogen (secondary N) is 4. The van der Waals surface area contributed by atoms with Crippen molar-refractivity contribution in [3.63, 3.8) is 0 Å². The topological polar surface area (TPSA) is 125 Å². The number of amides is 3. The molecule has 0 spiro atoms. The highest BCUT2D eigenvalue weighted by atomic mass is 35.5. The Balaban J connectivity index is 1.45. The van der Waals surface area contributed by atoms with Crippen LogP contribution in [0.1, 0.15) is 40.0 Å². The number of nitrogens with zero attached hydrogens (tertiary/aromatic N) is 2. The molecule has 0 bridgehead atoms. The quantitative estimate of drug-likeness (QED) is 0.388. The Hall–Kier alpha value is -3.69. The average molecular weight is 513 g/mol. The summed E-state index contributed by atoms with van der Waals surface area (Å²) in [5, 5.41) is 12.1. The van der Waals surface area contributed by atoms with Crippen molar-refractivity contribution in [1.29, 1.82) is 0 Å². The molecular weight excluding hydrogens is 491 g/mol. The lowest BCUT2D eigenvalue weighted by Gasteiger charge is -2.16. The van der Waals surface area contributed by atoms with E-state index in [1.807, 2.05) is 0 Å². The van der Waals surface area contributed by atoms with Crippen LogP contribution in [0.4, 0.5) is 17.3 Å². The van der Waals surface area contributed by atoms with E-state index in [9.17, 15) is 14.4 Å². The molecular formula is C24H22Cl2N6O3. The Morgan fingerprint density at radius 3 is 2.40 bits per heavy atom. The summed E-state index contributed by atoms with van der Waals surface area (Å²) in [6.45, 7) is 0.671. The molecule has 1 aliphatic rings. The standard InChI is InChI=1S/C24H22Cl2N6O3/c25-15-5-7-18(17(11-15)23(34)32-21-9-6-16(26)13-29-21)31-22(33)14-4-8-20(28-12-14)30-19-3-1-2-10-27-24(19)35/h4-9,11-13,19H,1-3,10H2,(H,27,35)(H,28,30)(H,31,33)(H,29,32,34). The number of benzene rings is 1. The Labute approximate surface area is 211 Å². The van der Waals surface area contributed by atoms with Gasteiger partial charge >= 0.3 is 0 Å². The van der Waals surface area contributed by atoms with Crippen LogP contribution in [0.5, 0.6) is 0 Å². The second-order valence-corrected chi connectivity index (χ2v) is 8.75. The fourth-order valence-electron chi connectivity index (χ4n) is 3.51. The number of rotatable bonds is 6. The molecule has 4 rings (SSSR count). The Morgan fingerprint density at radius 1 is 0.886 bits per heavy atom. The average Bonchev–Trinajstić information content (AvgIpc) is 3.06. The van der Waals surface area contributed by atoms with Crippen molar-refractivity contribution >= 4 is 58.2 Å². The lowest BCUT2D eigenvalue weighted by Crippen LogP contribution is -2.38. The van der Waals surface area contributed by atoms with Crippen LogP contribution in [-0.4, -0.2) is 40.3 Å². The van der Waals surface area contributed by atoms with Crippen LogP contribution in [-0.2, 0) is 4.79 Å². The van der Waals surface area contributed by atoms with Gasteiger partial charge in [0.2, 0.25) is 5.91 Å². The van der Waals surface area contributed by atoms with E-state index in [1.54, 1.807) is 36.4 Å². The first-order valence-corrected chi connectivity index (χ1v) is 11.7. The largest absolute Gasteiger partial charge is 0.358 e. The van der Waals surface area contributed by atoms with Crippen molar-refractivity contribution in [3.05, 3.63) is 76.0 Å². The zero-order valence-electron chi connectivity index (χ0n) is 18.5. The second kappa shape index (κ2) is 11.2. The lowest BCUT2D eigenvalue weighted by molar-refractivity contribution is -0.121. The molecule has 1 unspecified atom stereocenters. The molecule has 1 aliphatic heterocycles. The maximum Gasteiger partial charge on any atom is 0.258 e. The summed E-state index contributed by atoms with van der Waals surface area (Å²) in [4.78, 5) is 46.1. The van der Waals surface area contributed by atoms with Gasteiger partial charge < -0.3 is 21.3 Å². The minimum Gasteiger partial charge on any atom is -0.358 e. The summed E-state index contributed by atoms with van der Waals surface area (Å²) < 4.78 is 0. The van der Waals surface area contributed by atoms with Gasteiger partial charge in [-0.3, -0.25) is 14.4 Å². The molecule has 1 saturated heterocycles. The molecule has 4 N–H and O–H groups in total. The zero-order valence-corrected chi connectivity index (χ0v) is 20.0. The minimum atomic E-state index is -0.503. The van der Waals surface area contributed by atoms with E-state index >= 15 is 0 Å². The van der Waals surface area contributed by atoms with E-state index in [0.29, 0.717) is 34.6 Å². The molecule has 3 aromatic rings. The summed E-state index contributed by atoms with van der Waals surface area (Å²) in [5.41, 5.74) is 0.706. The van der Waals surface area contributed by atoms with Gasteiger partial charge in [0.1, 0.15) is 17.7 Å². The third-order valence-electron chi connectivity index (χ3n) is 5.33. The van der Waals surface area contributed by atoms with Crippen LogP contribution in [0.25, 0.3) is 0 Å². The highest BCUT2D eigenvalue weighted by molar-refractivity contribution is 6.31. The van der Waals surface area contributed by atoms with Gasteiger partial charge in [-0.25, -0.2) is 9.97 Å². The summed E-state index contributed by atoms with van der Waals surface area (Å²) in [6.07, 6.45) is 5.40. The van der Waals surface area contributed by atoms with Crippen LogP contribution in [0, 0.1) is 0 Å². The molecule has 0 radical (unpaired) electrons. The number of carbonyl (C=O) groups excluding carboxylic acids is 3. The van der Waals surface area contributed by atoms with Gasteiger partial charge in [-0.05, 0) is 61.7 Å². The molecule has 3 amide bonds. The van der Waals surface area contributed by atoms with Crippen LogP contribution in [0.2, 0.25) is 10.0 Å². The van der Waals surface area contributed by atoms with Crippen molar-refractivity contribution in [1.82, 2.24) is 15.3 Å². The number of carbonyl (C=O) groups is 3. The third kappa shape index (κ3) is 6.46. The number of hydrogen-bond acceptors (Lipinski definition) is 6. The fraction of sp³-hybridized carbons (Fsp3) is 0.208. The monoisotopic (exact) mass is 512 g/mol. The fourth-order valence-corrected chi connectivity index (χ4v) is 3.79. The lowest BCUT2D eigenvalue weighted by atomic mass is 10.1. The first-order valence-electron chi connectivity index (χ1n) is 10.9. The van der Waals surface area contributed by atoms with E-state index in [0.717, 1.165) is 12.8 Å². The summed E-state index contributed by atoms with van der Waals surface area (Å²) in [6, 6.07) is 10.6. The molecule has 2 aromatic heterocycles. The van der Waals surface area contributed by atoms with Gasteiger partial charge in [-0.2, -0.15) is 0 Å². The Morgan fingerprint density at radius 2 is 1.66 bits per heavy atom. The van der Waals surface area contributed by atoms with Gasteiger partial charge in [0, 0.05) is 24.0 Å². The van der Waals surface area contributed by atoms with Crippen molar-refractivity contribution in [3.8, 4) is 0 Å². The van der Waals surface area contributed by atoms with Crippen molar-refractivity contribution in [2.45, 2.75) is 25.3 Å². The number of anilines is 3. The van der Waals surface area contributed by atoms with Gasteiger partial charge in [0.15, 0.2) is 0 Å². The van der Waals surface area contributed by atoms with E-state index in [2.05, 4.69) is 31.2 Å². The number of hydrogen-bond donors (Lipinski definition) is 4. The molecule has 1 fully saturated rings. The van der Waals surface area contributed by atoms with Crippen LogP contribution >= 0.6 is 23.2 Å². The molecule has 3 heterocycles. The summed E-state index contributed by atoms with van der Waals surface area (Å²) >= 11 is 11.9. The number of halogens is 2. The molecule has 0 saturated carbocycles. The first kappa shape index (κ1) is 24.4. The molecule has 11 heteroatoms. The highest BCUT2D eigenvalue weighted by Gasteiger charge is 2.21.